The van der Waals surface area contributed by atoms with Gasteiger partial charge in [0.25, 0.3) is 5.91 Å². The molecule has 0 spiro atoms. The minimum atomic E-state index is -0.243. The third-order valence-electron chi connectivity index (χ3n) is 3.33. The molecule has 0 saturated heterocycles. The molecule has 1 fully saturated rings. The lowest BCUT2D eigenvalue weighted by molar-refractivity contribution is 0.0924. The van der Waals surface area contributed by atoms with Crippen molar-refractivity contribution in [1.29, 1.82) is 0 Å². The Balaban J connectivity index is 2.04. The van der Waals surface area contributed by atoms with Gasteiger partial charge in [0, 0.05) is 17.4 Å². The Morgan fingerprint density at radius 3 is 2.89 bits per heavy atom. The zero-order valence-corrected chi connectivity index (χ0v) is 11.3. The van der Waals surface area contributed by atoms with Gasteiger partial charge in [-0.1, -0.05) is 18.9 Å². The van der Waals surface area contributed by atoms with Crippen LogP contribution in [0.1, 0.15) is 36.2 Å². The van der Waals surface area contributed by atoms with E-state index in [1.165, 1.54) is 12.5 Å². The summed E-state index contributed by atoms with van der Waals surface area (Å²) in [6, 6.07) is 4.85. The van der Waals surface area contributed by atoms with Crippen LogP contribution in [0.4, 0.5) is 0 Å². The molecule has 1 heterocycles. The number of nitrogens with one attached hydrogen (secondary N) is 2. The van der Waals surface area contributed by atoms with Crippen LogP contribution in [0.15, 0.2) is 23.0 Å². The molecule has 0 aromatic carbocycles. The van der Waals surface area contributed by atoms with Crippen molar-refractivity contribution in [2.24, 2.45) is 0 Å². The van der Waals surface area contributed by atoms with E-state index in [4.69, 9.17) is 0 Å². The standard InChI is InChI=1S/C13H18N2O2S/c1-18-11-7-3-2-5-9(11)15-13(17)10-6-4-8-12(16)14-10/h4,6,8-9,11H,2-3,5,7H2,1H3,(H,14,16)(H,15,17). The number of pyridine rings is 1. The summed E-state index contributed by atoms with van der Waals surface area (Å²) in [6.45, 7) is 0. The van der Waals surface area contributed by atoms with Crippen molar-refractivity contribution in [1.82, 2.24) is 10.3 Å². The fourth-order valence-electron chi connectivity index (χ4n) is 2.37. The lowest BCUT2D eigenvalue weighted by Crippen LogP contribution is -2.44. The molecule has 18 heavy (non-hydrogen) atoms. The molecular formula is C13H18N2O2S. The summed E-state index contributed by atoms with van der Waals surface area (Å²) >= 11 is 1.81. The summed E-state index contributed by atoms with van der Waals surface area (Å²) in [4.78, 5) is 25.8. The highest BCUT2D eigenvalue weighted by Crippen LogP contribution is 2.27. The van der Waals surface area contributed by atoms with Crippen LogP contribution in [0, 0.1) is 0 Å². The Morgan fingerprint density at radius 2 is 2.17 bits per heavy atom. The number of rotatable bonds is 3. The second-order valence-electron chi connectivity index (χ2n) is 4.57. The summed E-state index contributed by atoms with van der Waals surface area (Å²) in [5.41, 5.74) is 0.0978. The van der Waals surface area contributed by atoms with Crippen LogP contribution in [0.3, 0.4) is 0 Å². The van der Waals surface area contributed by atoms with E-state index >= 15 is 0 Å². The highest BCUT2D eigenvalue weighted by molar-refractivity contribution is 7.99. The first-order valence-electron chi connectivity index (χ1n) is 6.23. The number of aromatic nitrogens is 1. The molecular weight excluding hydrogens is 248 g/mol. The lowest BCUT2D eigenvalue weighted by atomic mass is 9.95. The first-order valence-corrected chi connectivity index (χ1v) is 7.52. The molecule has 0 radical (unpaired) electrons. The van der Waals surface area contributed by atoms with Crippen molar-refractivity contribution in [2.75, 3.05) is 6.26 Å². The predicted octanol–water partition coefficient (Wildman–Crippen LogP) is 1.78. The molecule has 1 aliphatic carbocycles. The molecule has 1 amide bonds. The maximum Gasteiger partial charge on any atom is 0.268 e. The highest BCUT2D eigenvalue weighted by Gasteiger charge is 2.26. The number of carbonyl (C=O) groups excluding carboxylic acids is 1. The van der Waals surface area contributed by atoms with E-state index < -0.39 is 0 Å². The summed E-state index contributed by atoms with van der Waals surface area (Å²) in [5.74, 6) is -0.182. The first-order chi connectivity index (χ1) is 8.70. The largest absolute Gasteiger partial charge is 0.347 e. The van der Waals surface area contributed by atoms with Crippen LogP contribution in [-0.2, 0) is 0 Å². The normalized spacial score (nSPS) is 23.6. The Morgan fingerprint density at radius 1 is 1.39 bits per heavy atom. The number of aromatic amines is 1. The minimum absolute atomic E-state index is 0.182. The zero-order valence-electron chi connectivity index (χ0n) is 10.4. The number of thioether (sulfide) groups is 1. The van der Waals surface area contributed by atoms with Gasteiger partial charge in [-0.2, -0.15) is 11.8 Å². The topological polar surface area (TPSA) is 62.0 Å². The van der Waals surface area contributed by atoms with Crippen LogP contribution in [0.5, 0.6) is 0 Å². The molecule has 1 aliphatic rings. The molecule has 0 bridgehead atoms. The van der Waals surface area contributed by atoms with Gasteiger partial charge in [-0.25, -0.2) is 0 Å². The molecule has 2 unspecified atom stereocenters. The van der Waals surface area contributed by atoms with Crippen LogP contribution in [-0.4, -0.2) is 28.4 Å². The predicted molar refractivity (Wildman–Crippen MR) is 74.1 cm³/mol. The van der Waals surface area contributed by atoms with Crippen molar-refractivity contribution in [3.05, 3.63) is 34.2 Å². The molecule has 1 aromatic rings. The van der Waals surface area contributed by atoms with Gasteiger partial charge in [-0.05, 0) is 25.2 Å². The van der Waals surface area contributed by atoms with Crippen LogP contribution >= 0.6 is 11.8 Å². The molecule has 4 nitrogen and oxygen atoms in total. The fraction of sp³-hybridized carbons (Fsp3) is 0.538. The van der Waals surface area contributed by atoms with E-state index in [2.05, 4.69) is 16.6 Å². The average molecular weight is 266 g/mol. The highest BCUT2D eigenvalue weighted by atomic mass is 32.2. The Hall–Kier alpha value is -1.23. The average Bonchev–Trinajstić information content (AvgIpc) is 2.39. The third kappa shape index (κ3) is 3.16. The second-order valence-corrected chi connectivity index (χ2v) is 5.64. The van der Waals surface area contributed by atoms with Gasteiger partial charge in [0.1, 0.15) is 5.69 Å². The van der Waals surface area contributed by atoms with Gasteiger partial charge in [-0.15, -0.1) is 0 Å². The van der Waals surface area contributed by atoms with E-state index in [1.807, 2.05) is 11.8 Å². The van der Waals surface area contributed by atoms with E-state index in [9.17, 15) is 9.59 Å². The maximum atomic E-state index is 12.0. The van der Waals surface area contributed by atoms with Crippen molar-refractivity contribution in [3.63, 3.8) is 0 Å². The molecule has 5 heteroatoms. The molecule has 1 saturated carbocycles. The maximum absolute atomic E-state index is 12.0. The summed E-state index contributed by atoms with van der Waals surface area (Å²) < 4.78 is 0. The van der Waals surface area contributed by atoms with Crippen LogP contribution in [0.25, 0.3) is 0 Å². The zero-order chi connectivity index (χ0) is 13.0. The smallest absolute Gasteiger partial charge is 0.268 e. The Bertz CT molecular complexity index is 472. The number of hydrogen-bond donors (Lipinski definition) is 2. The van der Waals surface area contributed by atoms with Gasteiger partial charge in [-0.3, -0.25) is 9.59 Å². The van der Waals surface area contributed by atoms with Crippen molar-refractivity contribution in [3.8, 4) is 0 Å². The molecule has 1 aromatic heterocycles. The monoisotopic (exact) mass is 266 g/mol. The summed E-state index contributed by atoms with van der Waals surface area (Å²) in [7, 11) is 0. The molecule has 2 atom stereocenters. The van der Waals surface area contributed by atoms with Crippen molar-refractivity contribution in [2.45, 2.75) is 37.0 Å². The van der Waals surface area contributed by atoms with Gasteiger partial charge in [0.05, 0.1) is 0 Å². The SMILES string of the molecule is CSC1CCCCC1NC(=O)c1cccc(=O)[nH]1. The second kappa shape index (κ2) is 6.09. The number of carbonyl (C=O) groups is 1. The fourth-order valence-corrected chi connectivity index (χ4v) is 3.31. The summed E-state index contributed by atoms with van der Waals surface area (Å²) in [5, 5.41) is 3.52. The molecule has 0 aliphatic heterocycles. The van der Waals surface area contributed by atoms with Crippen LogP contribution < -0.4 is 10.9 Å². The first kappa shape index (κ1) is 13.2. The van der Waals surface area contributed by atoms with Crippen molar-refractivity contribution < 1.29 is 4.79 Å². The van der Waals surface area contributed by atoms with E-state index in [1.54, 1.807) is 12.1 Å². The number of hydrogen-bond acceptors (Lipinski definition) is 3. The quantitative estimate of drug-likeness (QED) is 0.876. The molecule has 2 rings (SSSR count). The summed E-state index contributed by atoms with van der Waals surface area (Å²) in [6.07, 6.45) is 6.65. The third-order valence-corrected chi connectivity index (χ3v) is 4.50. The number of amides is 1. The number of H-pyrrole nitrogens is 1. The molecule has 2 N–H and O–H groups in total. The van der Waals surface area contributed by atoms with Crippen LogP contribution in [0.2, 0.25) is 0 Å². The van der Waals surface area contributed by atoms with E-state index in [0.717, 1.165) is 19.3 Å². The minimum Gasteiger partial charge on any atom is -0.347 e. The Kier molecular flexibility index (Phi) is 4.47. The van der Waals surface area contributed by atoms with Gasteiger partial charge in [0.2, 0.25) is 5.56 Å². The van der Waals surface area contributed by atoms with Gasteiger partial charge >= 0.3 is 0 Å². The molecule has 98 valence electrons. The van der Waals surface area contributed by atoms with Crippen molar-refractivity contribution >= 4 is 17.7 Å². The van der Waals surface area contributed by atoms with Gasteiger partial charge in [0.15, 0.2) is 0 Å². The van der Waals surface area contributed by atoms with Gasteiger partial charge < -0.3 is 10.3 Å². The van der Waals surface area contributed by atoms with E-state index in [-0.39, 0.29) is 17.5 Å². The van der Waals surface area contributed by atoms with E-state index in [0.29, 0.717) is 10.9 Å². The Labute approximate surface area is 111 Å². The lowest BCUT2D eigenvalue weighted by Gasteiger charge is -2.30.